The maximum Gasteiger partial charge on any atom is 0.180 e. The van der Waals surface area contributed by atoms with E-state index in [-0.39, 0.29) is 18.2 Å². The third-order valence-electron chi connectivity index (χ3n) is 3.89. The summed E-state index contributed by atoms with van der Waals surface area (Å²) >= 11 is 6.43. The van der Waals surface area contributed by atoms with E-state index in [2.05, 4.69) is 19.2 Å². The number of benzene rings is 2. The Morgan fingerprint density at radius 1 is 1.07 bits per heavy atom. The second-order valence-corrected chi connectivity index (χ2v) is 7.02. The Hall–Kier alpha value is -1.49. The van der Waals surface area contributed by atoms with Crippen molar-refractivity contribution in [1.29, 1.82) is 0 Å². The third kappa shape index (κ3) is 7.96. The van der Waals surface area contributed by atoms with Crippen molar-refractivity contribution >= 4 is 24.0 Å². The highest BCUT2D eigenvalue weighted by atomic mass is 35.5. The van der Waals surface area contributed by atoms with Gasteiger partial charge >= 0.3 is 0 Å². The Bertz CT molecular complexity index is 693. The Balaban J connectivity index is 0.00000364. The Morgan fingerprint density at radius 3 is 2.41 bits per heavy atom. The summed E-state index contributed by atoms with van der Waals surface area (Å²) in [7, 11) is 0. The van der Waals surface area contributed by atoms with Gasteiger partial charge in [0.25, 0.3) is 0 Å². The fourth-order valence-corrected chi connectivity index (χ4v) is 2.77. The summed E-state index contributed by atoms with van der Waals surface area (Å²) in [5.41, 5.74) is 1.92. The maximum absolute atomic E-state index is 13.0. The topological polar surface area (TPSA) is 30.5 Å². The molecule has 0 radical (unpaired) electrons. The van der Waals surface area contributed by atoms with Gasteiger partial charge in [0, 0.05) is 6.54 Å². The van der Waals surface area contributed by atoms with E-state index in [4.69, 9.17) is 21.1 Å². The molecule has 6 heteroatoms. The molecule has 2 aromatic carbocycles. The molecule has 0 spiro atoms. The van der Waals surface area contributed by atoms with Gasteiger partial charge in [0.2, 0.25) is 0 Å². The van der Waals surface area contributed by atoms with Gasteiger partial charge in [-0.05, 0) is 61.2 Å². The standard InChI is InChI=1S/C21H27ClFNO2.ClH/c1-4-25-20-12-17(13-24-10-9-15(2)3)11-19(22)21(20)26-14-16-5-7-18(23)8-6-16;/h5-8,11-12,15,24H,4,9-10,13-14H2,1-3H3;1H. The summed E-state index contributed by atoms with van der Waals surface area (Å²) in [5, 5.41) is 3.93. The van der Waals surface area contributed by atoms with E-state index in [1.165, 1.54) is 12.1 Å². The number of ether oxygens (including phenoxy) is 2. The molecular formula is C21H28Cl2FNO2. The van der Waals surface area contributed by atoms with Crippen LogP contribution in [0.4, 0.5) is 4.39 Å². The van der Waals surface area contributed by atoms with Gasteiger partial charge in [0.15, 0.2) is 11.5 Å². The fraction of sp³-hybridized carbons (Fsp3) is 0.429. The van der Waals surface area contributed by atoms with E-state index in [1.54, 1.807) is 12.1 Å². The van der Waals surface area contributed by atoms with Crippen LogP contribution in [0.15, 0.2) is 36.4 Å². The fourth-order valence-electron chi connectivity index (χ4n) is 2.49. The highest BCUT2D eigenvalue weighted by molar-refractivity contribution is 6.32. The zero-order valence-electron chi connectivity index (χ0n) is 16.1. The molecule has 1 N–H and O–H groups in total. The average Bonchev–Trinajstić information content (AvgIpc) is 2.59. The maximum atomic E-state index is 13.0. The van der Waals surface area contributed by atoms with E-state index < -0.39 is 0 Å². The van der Waals surface area contributed by atoms with Gasteiger partial charge in [-0.25, -0.2) is 4.39 Å². The molecule has 0 atom stereocenters. The molecular weight excluding hydrogens is 388 g/mol. The molecule has 2 rings (SSSR count). The number of halogens is 3. The number of rotatable bonds is 10. The highest BCUT2D eigenvalue weighted by Gasteiger charge is 2.13. The molecule has 2 aromatic rings. The molecule has 0 aliphatic rings. The lowest BCUT2D eigenvalue weighted by Gasteiger charge is -2.16. The van der Waals surface area contributed by atoms with Crippen LogP contribution < -0.4 is 14.8 Å². The lowest BCUT2D eigenvalue weighted by molar-refractivity contribution is 0.269. The molecule has 0 unspecified atom stereocenters. The molecule has 0 aliphatic carbocycles. The summed E-state index contributed by atoms with van der Waals surface area (Å²) in [4.78, 5) is 0. The van der Waals surface area contributed by atoms with Crippen LogP contribution in [0, 0.1) is 11.7 Å². The van der Waals surface area contributed by atoms with Crippen molar-refractivity contribution in [3.63, 3.8) is 0 Å². The quantitative estimate of drug-likeness (QED) is 0.481. The van der Waals surface area contributed by atoms with Crippen LogP contribution in [0.3, 0.4) is 0 Å². The molecule has 0 bridgehead atoms. The normalized spacial score (nSPS) is 10.6. The Labute approximate surface area is 172 Å². The Morgan fingerprint density at radius 2 is 1.78 bits per heavy atom. The van der Waals surface area contributed by atoms with E-state index in [1.807, 2.05) is 19.1 Å². The molecule has 0 heterocycles. The van der Waals surface area contributed by atoms with Gasteiger partial charge in [0.05, 0.1) is 11.6 Å². The van der Waals surface area contributed by atoms with Crippen LogP contribution in [-0.4, -0.2) is 13.2 Å². The third-order valence-corrected chi connectivity index (χ3v) is 4.17. The van der Waals surface area contributed by atoms with E-state index >= 15 is 0 Å². The van der Waals surface area contributed by atoms with Crippen molar-refractivity contribution in [3.05, 3.63) is 58.4 Å². The molecule has 150 valence electrons. The first-order valence-electron chi connectivity index (χ1n) is 9.02. The zero-order chi connectivity index (χ0) is 18.9. The van der Waals surface area contributed by atoms with Crippen molar-refractivity contribution in [2.24, 2.45) is 5.92 Å². The van der Waals surface area contributed by atoms with Crippen LogP contribution in [0.5, 0.6) is 11.5 Å². The molecule has 27 heavy (non-hydrogen) atoms. The minimum Gasteiger partial charge on any atom is -0.490 e. The Kier molecular flexibility index (Phi) is 10.5. The predicted molar refractivity (Wildman–Crippen MR) is 112 cm³/mol. The van der Waals surface area contributed by atoms with Gasteiger partial charge < -0.3 is 14.8 Å². The number of nitrogens with one attached hydrogen (secondary N) is 1. The van der Waals surface area contributed by atoms with Crippen LogP contribution >= 0.6 is 24.0 Å². The smallest absolute Gasteiger partial charge is 0.180 e. The zero-order valence-corrected chi connectivity index (χ0v) is 17.6. The first kappa shape index (κ1) is 23.5. The minimum atomic E-state index is -0.267. The van der Waals surface area contributed by atoms with Crippen LogP contribution in [0.25, 0.3) is 0 Å². The van der Waals surface area contributed by atoms with Crippen LogP contribution in [0.1, 0.15) is 38.3 Å². The molecule has 0 aromatic heterocycles. The van der Waals surface area contributed by atoms with Crippen molar-refractivity contribution in [3.8, 4) is 11.5 Å². The number of hydrogen-bond donors (Lipinski definition) is 1. The first-order chi connectivity index (χ1) is 12.5. The highest BCUT2D eigenvalue weighted by Crippen LogP contribution is 2.37. The number of hydrogen-bond acceptors (Lipinski definition) is 3. The minimum absolute atomic E-state index is 0. The predicted octanol–water partition coefficient (Wildman–Crippen LogP) is 6.01. The molecule has 3 nitrogen and oxygen atoms in total. The average molecular weight is 416 g/mol. The summed E-state index contributed by atoms with van der Waals surface area (Å²) in [6.45, 7) is 8.84. The van der Waals surface area contributed by atoms with Gasteiger partial charge in [-0.3, -0.25) is 0 Å². The molecule has 0 fully saturated rings. The first-order valence-corrected chi connectivity index (χ1v) is 9.40. The molecule has 0 amide bonds. The SMILES string of the molecule is CCOc1cc(CNCCC(C)C)cc(Cl)c1OCc1ccc(F)cc1.Cl. The van der Waals surface area contributed by atoms with Gasteiger partial charge in [0.1, 0.15) is 12.4 Å². The summed E-state index contributed by atoms with van der Waals surface area (Å²) < 4.78 is 24.6. The largest absolute Gasteiger partial charge is 0.490 e. The summed E-state index contributed by atoms with van der Waals surface area (Å²) in [6, 6.07) is 10.1. The summed E-state index contributed by atoms with van der Waals surface area (Å²) in [5.74, 6) is 1.55. The van der Waals surface area contributed by atoms with Crippen molar-refractivity contribution in [2.75, 3.05) is 13.2 Å². The van der Waals surface area contributed by atoms with E-state index in [0.717, 1.165) is 30.6 Å². The van der Waals surface area contributed by atoms with Gasteiger partial charge in [-0.1, -0.05) is 37.6 Å². The second kappa shape index (κ2) is 12.1. The van der Waals surface area contributed by atoms with Crippen LogP contribution in [0.2, 0.25) is 5.02 Å². The lowest BCUT2D eigenvalue weighted by Crippen LogP contribution is -2.16. The van der Waals surface area contributed by atoms with Crippen LogP contribution in [-0.2, 0) is 13.2 Å². The van der Waals surface area contributed by atoms with E-state index in [0.29, 0.717) is 35.7 Å². The molecule has 0 saturated heterocycles. The van der Waals surface area contributed by atoms with Crippen molar-refractivity contribution < 1.29 is 13.9 Å². The van der Waals surface area contributed by atoms with E-state index in [9.17, 15) is 4.39 Å². The monoisotopic (exact) mass is 415 g/mol. The second-order valence-electron chi connectivity index (χ2n) is 6.61. The van der Waals surface area contributed by atoms with Crippen molar-refractivity contribution in [1.82, 2.24) is 5.32 Å². The van der Waals surface area contributed by atoms with Gasteiger partial charge in [-0.2, -0.15) is 0 Å². The summed E-state index contributed by atoms with van der Waals surface area (Å²) in [6.07, 6.45) is 1.13. The molecule has 0 saturated carbocycles. The molecule has 0 aliphatic heterocycles. The van der Waals surface area contributed by atoms with Gasteiger partial charge in [-0.15, -0.1) is 12.4 Å². The lowest BCUT2D eigenvalue weighted by atomic mass is 10.1. The van der Waals surface area contributed by atoms with Crippen molar-refractivity contribution in [2.45, 2.75) is 40.3 Å².